The quantitative estimate of drug-likeness (QED) is 0.879. The van der Waals surface area contributed by atoms with Gasteiger partial charge in [0.2, 0.25) is 0 Å². The molecule has 0 amide bonds. The van der Waals surface area contributed by atoms with E-state index in [9.17, 15) is 5.26 Å². The summed E-state index contributed by atoms with van der Waals surface area (Å²) in [7, 11) is 1.81. The van der Waals surface area contributed by atoms with Gasteiger partial charge < -0.3 is 10.6 Å². The summed E-state index contributed by atoms with van der Waals surface area (Å²) in [5, 5.41) is 15.4. The Morgan fingerprint density at radius 1 is 1.16 bits per heavy atom. The minimum absolute atomic E-state index is 0.631. The Morgan fingerprint density at radius 2 is 1.89 bits per heavy atom. The van der Waals surface area contributed by atoms with Crippen molar-refractivity contribution in [3.63, 3.8) is 0 Å². The number of aromatic nitrogens is 2. The molecule has 96 valence electrons. The van der Waals surface area contributed by atoms with Crippen molar-refractivity contribution in [2.45, 2.75) is 13.8 Å². The highest BCUT2D eigenvalue weighted by Crippen LogP contribution is 2.25. The topological polar surface area (TPSA) is 73.6 Å². The highest BCUT2D eigenvalue weighted by molar-refractivity contribution is 5.70. The highest BCUT2D eigenvalue weighted by atomic mass is 15.1. The lowest BCUT2D eigenvalue weighted by Gasteiger charge is -2.12. The van der Waals surface area contributed by atoms with Gasteiger partial charge in [0.25, 0.3) is 0 Å². The van der Waals surface area contributed by atoms with Crippen LogP contribution in [0.5, 0.6) is 0 Å². The van der Waals surface area contributed by atoms with Crippen LogP contribution in [0.25, 0.3) is 0 Å². The van der Waals surface area contributed by atoms with Gasteiger partial charge in [0.1, 0.15) is 24.0 Å². The molecule has 1 heterocycles. The lowest BCUT2D eigenvalue weighted by molar-refractivity contribution is 1.12. The van der Waals surface area contributed by atoms with Crippen molar-refractivity contribution in [2.75, 3.05) is 17.7 Å². The van der Waals surface area contributed by atoms with Gasteiger partial charge in [-0.2, -0.15) is 5.26 Å². The normalized spacial score (nSPS) is 9.79. The zero-order chi connectivity index (χ0) is 13.8. The smallest absolute Gasteiger partial charge is 0.138 e. The summed E-state index contributed by atoms with van der Waals surface area (Å²) >= 11 is 0. The summed E-state index contributed by atoms with van der Waals surface area (Å²) in [5.41, 5.74) is 3.24. The van der Waals surface area contributed by atoms with Crippen molar-refractivity contribution in [1.29, 1.82) is 5.26 Å². The van der Waals surface area contributed by atoms with Gasteiger partial charge in [0.05, 0.1) is 11.3 Å². The molecule has 0 aliphatic heterocycles. The first-order valence-corrected chi connectivity index (χ1v) is 5.93. The molecule has 5 nitrogen and oxygen atoms in total. The molecule has 2 rings (SSSR count). The first-order chi connectivity index (χ1) is 9.17. The number of anilines is 3. The van der Waals surface area contributed by atoms with E-state index in [-0.39, 0.29) is 0 Å². The van der Waals surface area contributed by atoms with Crippen molar-refractivity contribution in [2.24, 2.45) is 0 Å². The summed E-state index contributed by atoms with van der Waals surface area (Å²) in [4.78, 5) is 8.35. The van der Waals surface area contributed by atoms with Crippen molar-refractivity contribution >= 4 is 17.3 Å². The molecule has 0 unspecified atom stereocenters. The van der Waals surface area contributed by atoms with E-state index in [0.717, 1.165) is 22.6 Å². The number of nitriles is 1. The molecular formula is C14H15N5. The molecule has 0 fully saturated rings. The molecule has 0 aliphatic carbocycles. The molecule has 0 atom stereocenters. The van der Waals surface area contributed by atoms with Gasteiger partial charge in [-0.15, -0.1) is 0 Å². The van der Waals surface area contributed by atoms with Gasteiger partial charge in [-0.05, 0) is 25.5 Å². The van der Waals surface area contributed by atoms with Crippen LogP contribution in [-0.4, -0.2) is 17.0 Å². The second-order valence-electron chi connectivity index (χ2n) is 4.18. The summed E-state index contributed by atoms with van der Waals surface area (Å²) in [5.74, 6) is 1.46. The van der Waals surface area contributed by atoms with E-state index >= 15 is 0 Å². The number of rotatable bonds is 3. The fourth-order valence-corrected chi connectivity index (χ4v) is 1.88. The third-order valence-corrected chi connectivity index (χ3v) is 2.96. The molecule has 5 heteroatoms. The van der Waals surface area contributed by atoms with E-state index in [4.69, 9.17) is 0 Å². The maximum absolute atomic E-state index is 9.21. The Balaban J connectivity index is 2.43. The van der Waals surface area contributed by atoms with Gasteiger partial charge in [0, 0.05) is 12.6 Å². The minimum Gasteiger partial charge on any atom is -0.373 e. The summed E-state index contributed by atoms with van der Waals surface area (Å²) in [6.07, 6.45) is 1.49. The molecule has 0 bridgehead atoms. The van der Waals surface area contributed by atoms with Crippen LogP contribution in [0.4, 0.5) is 17.3 Å². The molecule has 0 saturated carbocycles. The number of aryl methyl sites for hydroxylation is 1. The molecule has 1 aromatic heterocycles. The highest BCUT2D eigenvalue weighted by Gasteiger charge is 2.09. The summed E-state index contributed by atoms with van der Waals surface area (Å²) in [6.45, 7) is 3.84. The Kier molecular flexibility index (Phi) is 3.62. The first kappa shape index (κ1) is 12.8. The zero-order valence-electron chi connectivity index (χ0n) is 11.2. The zero-order valence-corrected chi connectivity index (χ0v) is 11.2. The van der Waals surface area contributed by atoms with Crippen LogP contribution in [0.2, 0.25) is 0 Å². The Hall–Kier alpha value is -2.61. The molecule has 0 spiro atoms. The number of nitrogens with one attached hydrogen (secondary N) is 2. The van der Waals surface area contributed by atoms with Gasteiger partial charge in [0.15, 0.2) is 0 Å². The van der Waals surface area contributed by atoms with Gasteiger partial charge in [-0.25, -0.2) is 9.97 Å². The maximum Gasteiger partial charge on any atom is 0.138 e. The lowest BCUT2D eigenvalue weighted by Crippen LogP contribution is -2.03. The van der Waals surface area contributed by atoms with Crippen molar-refractivity contribution in [1.82, 2.24) is 9.97 Å². The standard InChI is InChI=1S/C14H15N5/c1-9-5-4-6-12(11(9)7-15)19-14-10(2)13(16-3)17-8-18-14/h4-6,8H,1-3H3,(H2,16,17,18,19). The second-order valence-corrected chi connectivity index (χ2v) is 4.18. The van der Waals surface area contributed by atoms with Gasteiger partial charge >= 0.3 is 0 Å². The van der Waals surface area contributed by atoms with Crippen LogP contribution in [0.15, 0.2) is 24.5 Å². The van der Waals surface area contributed by atoms with Crippen molar-refractivity contribution in [3.8, 4) is 6.07 Å². The Labute approximate surface area is 112 Å². The van der Waals surface area contributed by atoms with E-state index in [1.54, 1.807) is 0 Å². The molecule has 2 aromatic rings. The van der Waals surface area contributed by atoms with E-state index in [1.807, 2.05) is 39.1 Å². The molecule has 1 aromatic carbocycles. The second kappa shape index (κ2) is 5.36. The van der Waals surface area contributed by atoms with Gasteiger partial charge in [-0.1, -0.05) is 12.1 Å². The Morgan fingerprint density at radius 3 is 2.58 bits per heavy atom. The van der Waals surface area contributed by atoms with Crippen LogP contribution in [0, 0.1) is 25.2 Å². The van der Waals surface area contributed by atoms with Crippen molar-refractivity contribution in [3.05, 3.63) is 41.2 Å². The third kappa shape index (κ3) is 2.47. The number of benzene rings is 1. The SMILES string of the molecule is CNc1ncnc(Nc2cccc(C)c2C#N)c1C. The number of hydrogen-bond donors (Lipinski definition) is 2. The fraction of sp³-hybridized carbons (Fsp3) is 0.214. The van der Waals surface area contributed by atoms with Crippen molar-refractivity contribution < 1.29 is 0 Å². The average molecular weight is 253 g/mol. The Bertz CT molecular complexity index is 643. The minimum atomic E-state index is 0.631. The van der Waals surface area contributed by atoms with Crippen LogP contribution >= 0.6 is 0 Å². The third-order valence-electron chi connectivity index (χ3n) is 2.96. The summed E-state index contributed by atoms with van der Waals surface area (Å²) in [6, 6.07) is 7.90. The van der Waals surface area contributed by atoms with Crippen LogP contribution in [-0.2, 0) is 0 Å². The van der Waals surface area contributed by atoms with Crippen LogP contribution in [0.3, 0.4) is 0 Å². The number of nitrogens with zero attached hydrogens (tertiary/aromatic N) is 3. The molecule has 0 radical (unpaired) electrons. The lowest BCUT2D eigenvalue weighted by atomic mass is 10.1. The molecular weight excluding hydrogens is 238 g/mol. The van der Waals surface area contributed by atoms with Crippen LogP contribution in [0.1, 0.15) is 16.7 Å². The average Bonchev–Trinajstić information content (AvgIpc) is 2.41. The molecule has 19 heavy (non-hydrogen) atoms. The summed E-state index contributed by atoms with van der Waals surface area (Å²) < 4.78 is 0. The predicted octanol–water partition coefficient (Wildman–Crippen LogP) is 2.75. The van der Waals surface area contributed by atoms with Gasteiger partial charge in [-0.3, -0.25) is 0 Å². The van der Waals surface area contributed by atoms with E-state index < -0.39 is 0 Å². The van der Waals surface area contributed by atoms with Crippen LogP contribution < -0.4 is 10.6 Å². The van der Waals surface area contributed by atoms with E-state index in [2.05, 4.69) is 26.7 Å². The molecule has 0 saturated heterocycles. The predicted molar refractivity (Wildman–Crippen MR) is 75.5 cm³/mol. The molecule has 2 N–H and O–H groups in total. The monoisotopic (exact) mass is 253 g/mol. The molecule has 0 aliphatic rings. The largest absolute Gasteiger partial charge is 0.373 e. The number of hydrogen-bond acceptors (Lipinski definition) is 5. The van der Waals surface area contributed by atoms with E-state index in [0.29, 0.717) is 11.4 Å². The fourth-order valence-electron chi connectivity index (χ4n) is 1.88. The first-order valence-electron chi connectivity index (χ1n) is 5.93. The maximum atomic E-state index is 9.21. The van der Waals surface area contributed by atoms with E-state index in [1.165, 1.54) is 6.33 Å².